The molecule has 18 heteroatoms. The summed E-state index contributed by atoms with van der Waals surface area (Å²) in [6.07, 6.45) is 4.42. The molecule has 3 amide bonds. The Balaban J connectivity index is 0.00000169. The molecular formula is C33H46N10O8. The number of non-ortho nitro benzene ring substituents is 1. The van der Waals surface area contributed by atoms with Crippen LogP contribution in [0.2, 0.25) is 0 Å². The van der Waals surface area contributed by atoms with Crippen LogP contribution >= 0.6 is 0 Å². The number of aliphatic hydroxyl groups is 2. The van der Waals surface area contributed by atoms with Crippen molar-refractivity contribution >= 4 is 34.8 Å². The van der Waals surface area contributed by atoms with Gasteiger partial charge in [0.05, 0.1) is 17.4 Å². The first-order chi connectivity index (χ1) is 24.9. The highest BCUT2D eigenvalue weighted by Crippen LogP contribution is 2.31. The van der Waals surface area contributed by atoms with Crippen LogP contribution in [0.5, 0.6) is 0 Å². The fraction of sp³-hybridized carbons (Fsp3) is 0.424. The van der Waals surface area contributed by atoms with Gasteiger partial charge in [-0.2, -0.15) is 0 Å². The maximum absolute atomic E-state index is 12.4. The Kier molecular flexibility index (Phi) is 17.0. The molecule has 0 radical (unpaired) electrons. The molecular weight excluding hydrogens is 664 g/mol. The van der Waals surface area contributed by atoms with Gasteiger partial charge in [0, 0.05) is 59.1 Å². The second-order valence-corrected chi connectivity index (χ2v) is 11.0. The minimum atomic E-state index is -0.578. The molecule has 18 nitrogen and oxygen atoms in total. The van der Waals surface area contributed by atoms with Crippen LogP contribution in [0.3, 0.4) is 0 Å². The molecule has 2 unspecified atom stereocenters. The molecule has 2 atom stereocenters. The van der Waals surface area contributed by atoms with Crippen molar-refractivity contribution in [2.45, 2.75) is 44.7 Å². The number of nitrogen functional groups attached to an aromatic ring is 1. The van der Waals surface area contributed by atoms with Gasteiger partial charge in [-0.25, -0.2) is 24.5 Å². The summed E-state index contributed by atoms with van der Waals surface area (Å²) < 4.78 is 13.5. The summed E-state index contributed by atoms with van der Waals surface area (Å²) in [6, 6.07) is 15.3. The summed E-state index contributed by atoms with van der Waals surface area (Å²) in [5, 5.41) is 33.3. The van der Waals surface area contributed by atoms with Gasteiger partial charge in [-0.05, 0) is 49.1 Å². The Morgan fingerprint density at radius 1 is 0.980 bits per heavy atom. The first-order valence-electron chi connectivity index (χ1n) is 16.3. The molecule has 4 aromatic rings. The average molecular weight is 711 g/mol. The maximum atomic E-state index is 12.4. The molecule has 276 valence electrons. The number of fused-ring (bicyclic) bond motifs is 1. The van der Waals surface area contributed by atoms with Crippen LogP contribution < -0.4 is 21.7 Å². The number of alkyl carbamates (subject to hydrolysis) is 1. The molecule has 1 fully saturated rings. The Hall–Kier alpha value is -5.43. The number of ether oxygens (including phenoxy) is 2. The largest absolute Gasteiger partial charge is 0.445 e. The zero-order chi connectivity index (χ0) is 37.0. The number of nitro groups is 1. The molecule has 5 rings (SSSR count). The van der Waals surface area contributed by atoms with Crippen LogP contribution in [-0.2, 0) is 22.6 Å². The maximum Gasteiger partial charge on any atom is 0.407 e. The van der Waals surface area contributed by atoms with Crippen molar-refractivity contribution < 1.29 is 34.2 Å². The van der Waals surface area contributed by atoms with E-state index in [4.69, 9.17) is 25.4 Å². The van der Waals surface area contributed by atoms with Crippen LogP contribution in [0, 0.1) is 10.1 Å². The number of carbonyl (C=O) groups excluding carboxylic acids is 2. The number of nitrogens with one attached hydrogen (secondary N) is 3. The number of hydrogen-bond acceptors (Lipinski definition) is 13. The first-order valence-corrected chi connectivity index (χ1v) is 16.3. The van der Waals surface area contributed by atoms with Gasteiger partial charge in [0.2, 0.25) is 0 Å². The zero-order valence-electron chi connectivity index (χ0n) is 28.7. The summed E-state index contributed by atoms with van der Waals surface area (Å²) in [5.74, 6) is 0.318. The predicted molar refractivity (Wildman–Crippen MR) is 188 cm³/mol. The third kappa shape index (κ3) is 12.8. The summed E-state index contributed by atoms with van der Waals surface area (Å²) in [7, 11) is 2.00. The van der Waals surface area contributed by atoms with E-state index in [9.17, 15) is 19.7 Å². The number of nitrogens with two attached hydrogens (primary N) is 1. The molecule has 2 aromatic heterocycles. The number of benzene rings is 2. The van der Waals surface area contributed by atoms with E-state index >= 15 is 0 Å². The Morgan fingerprint density at radius 2 is 1.73 bits per heavy atom. The van der Waals surface area contributed by atoms with Crippen molar-refractivity contribution in [3.8, 4) is 0 Å². The summed E-state index contributed by atoms with van der Waals surface area (Å²) in [4.78, 5) is 49.9. The number of hydrogen-bond donors (Lipinski definition) is 6. The van der Waals surface area contributed by atoms with E-state index in [1.807, 2.05) is 34.9 Å². The lowest BCUT2D eigenvalue weighted by Gasteiger charge is -2.26. The van der Waals surface area contributed by atoms with Gasteiger partial charge in [0.25, 0.3) is 5.69 Å². The van der Waals surface area contributed by atoms with Gasteiger partial charge in [-0.15, -0.1) is 0 Å². The molecule has 3 heterocycles. The lowest BCUT2D eigenvalue weighted by molar-refractivity contribution is -0.384. The van der Waals surface area contributed by atoms with Gasteiger partial charge >= 0.3 is 12.1 Å². The minimum Gasteiger partial charge on any atom is -0.445 e. The predicted octanol–water partition coefficient (Wildman–Crippen LogP) is 2.33. The van der Waals surface area contributed by atoms with Gasteiger partial charge in [-0.3, -0.25) is 19.6 Å². The van der Waals surface area contributed by atoms with E-state index in [0.29, 0.717) is 68.2 Å². The average Bonchev–Trinajstić information content (AvgIpc) is 3.81. The van der Waals surface area contributed by atoms with Crippen LogP contribution in [0.15, 0.2) is 67.3 Å². The Labute approximate surface area is 295 Å². The molecule has 0 spiro atoms. The lowest BCUT2D eigenvalue weighted by atomic mass is 10.2. The normalized spacial score (nSPS) is 14.8. The van der Waals surface area contributed by atoms with Crippen molar-refractivity contribution in [2.75, 3.05) is 52.7 Å². The van der Waals surface area contributed by atoms with E-state index in [-0.39, 0.29) is 30.7 Å². The van der Waals surface area contributed by atoms with Crippen molar-refractivity contribution in [3.63, 3.8) is 0 Å². The number of aromatic nitrogens is 4. The van der Waals surface area contributed by atoms with Crippen molar-refractivity contribution in [3.05, 3.63) is 88.5 Å². The van der Waals surface area contributed by atoms with Crippen LogP contribution in [0.25, 0.3) is 11.2 Å². The Morgan fingerprint density at radius 3 is 2.45 bits per heavy atom. The fourth-order valence-electron chi connectivity index (χ4n) is 5.26. The number of amides is 3. The number of nitrogens with zero attached hydrogens (tertiary/aromatic N) is 6. The molecule has 1 saturated heterocycles. The lowest BCUT2D eigenvalue weighted by Crippen LogP contribution is -2.42. The first kappa shape index (κ1) is 40.0. The van der Waals surface area contributed by atoms with Crippen LogP contribution in [0.1, 0.15) is 36.6 Å². The third-order valence-corrected chi connectivity index (χ3v) is 7.69. The summed E-state index contributed by atoms with van der Waals surface area (Å²) in [6.45, 7) is 3.06. The molecule has 0 bridgehead atoms. The molecule has 2 aromatic carbocycles. The molecule has 0 aliphatic carbocycles. The fourth-order valence-corrected chi connectivity index (χ4v) is 5.26. The highest BCUT2D eigenvalue weighted by atomic mass is 16.6. The monoisotopic (exact) mass is 710 g/mol. The van der Waals surface area contributed by atoms with Gasteiger partial charge in [-0.1, -0.05) is 30.3 Å². The van der Waals surface area contributed by atoms with E-state index in [2.05, 4.69) is 35.8 Å². The standard InChI is InChI=1S/C31H38N10O6.2CH4O/c32-28-27-29(37-20-36-28)40(21-38-27)26-12-11-25(47-26)18-39(16-14-33-30(42)35-17-22-5-2-1-3-6-22)15-4-13-34-31(43)46-19-23-7-9-24(10-8-23)41(44)45;2*1-2/h1-3,5-10,20-21,25-26H,4,11-19H2,(H,34,43)(H2,32,36,37)(H2,33,35,42);2*2H,1H3. The molecule has 7 N–H and O–H groups in total. The number of carbonyl (C=O) groups is 2. The van der Waals surface area contributed by atoms with E-state index in [1.54, 1.807) is 18.5 Å². The number of anilines is 1. The SMILES string of the molecule is CO.CO.Nc1ncnc2c1ncn2C1CCC(CN(CCCNC(=O)OCc2ccc([N+](=O)[O-])cc2)CCNC(=O)NCc2ccccc2)O1. The molecule has 1 aliphatic rings. The second-order valence-electron chi connectivity index (χ2n) is 11.0. The van der Waals surface area contributed by atoms with Crippen LogP contribution in [0.4, 0.5) is 21.1 Å². The third-order valence-electron chi connectivity index (χ3n) is 7.69. The smallest absolute Gasteiger partial charge is 0.407 e. The van der Waals surface area contributed by atoms with Crippen molar-refractivity contribution in [1.82, 2.24) is 40.4 Å². The Bertz CT molecular complexity index is 1640. The van der Waals surface area contributed by atoms with Gasteiger partial charge in [0.15, 0.2) is 11.5 Å². The van der Waals surface area contributed by atoms with E-state index < -0.39 is 11.0 Å². The zero-order valence-corrected chi connectivity index (χ0v) is 28.7. The molecule has 0 saturated carbocycles. The van der Waals surface area contributed by atoms with E-state index in [0.717, 1.165) is 32.6 Å². The summed E-state index contributed by atoms with van der Waals surface area (Å²) in [5.41, 5.74) is 8.74. The molecule has 51 heavy (non-hydrogen) atoms. The van der Waals surface area contributed by atoms with E-state index in [1.165, 1.54) is 18.5 Å². The molecule has 1 aliphatic heterocycles. The van der Waals surface area contributed by atoms with Crippen molar-refractivity contribution in [1.29, 1.82) is 0 Å². The topological polar surface area (TPSA) is 245 Å². The van der Waals surface area contributed by atoms with Crippen LogP contribution in [-0.4, -0.2) is 105 Å². The number of aliphatic hydroxyl groups excluding tert-OH is 2. The quantitative estimate of drug-likeness (QED) is 0.0590. The highest BCUT2D eigenvalue weighted by molar-refractivity contribution is 5.81. The number of urea groups is 1. The number of nitro benzene ring substituents is 1. The summed E-state index contributed by atoms with van der Waals surface area (Å²) >= 11 is 0. The number of imidazole rings is 1. The number of rotatable bonds is 15. The second kappa shape index (κ2) is 21.6. The van der Waals surface area contributed by atoms with Gasteiger partial charge < -0.3 is 41.4 Å². The van der Waals surface area contributed by atoms with Gasteiger partial charge in [0.1, 0.15) is 24.7 Å². The minimum absolute atomic E-state index is 0.00102. The highest BCUT2D eigenvalue weighted by Gasteiger charge is 2.29. The van der Waals surface area contributed by atoms with Crippen molar-refractivity contribution in [2.24, 2.45) is 0 Å².